The summed E-state index contributed by atoms with van der Waals surface area (Å²) in [5.74, 6) is -0.964. The second kappa shape index (κ2) is 9.08. The molecule has 4 aromatic rings. The van der Waals surface area contributed by atoms with Gasteiger partial charge < -0.3 is 10.1 Å². The molecule has 4 rings (SSSR count). The molecule has 0 aliphatic rings. The molecule has 7 heteroatoms. The zero-order valence-electron chi connectivity index (χ0n) is 18.4. The summed E-state index contributed by atoms with van der Waals surface area (Å²) in [6.45, 7) is 4.71. The lowest BCUT2D eigenvalue weighted by Crippen LogP contribution is -2.08. The summed E-state index contributed by atoms with van der Waals surface area (Å²) >= 11 is 0. The average molecular weight is 443 g/mol. The number of nitrogens with one attached hydrogen (secondary N) is 1. The SMILES string of the molecule is CC(=O)Nc1ccc(-c2c(-c3cccc(C)c3)nn(-c3cccc(F)c3)c2OC(C)=O)cc1. The molecule has 0 radical (unpaired) electrons. The Hall–Kier alpha value is -4.26. The number of benzene rings is 3. The second-order valence-electron chi connectivity index (χ2n) is 7.64. The number of esters is 1. The molecular weight excluding hydrogens is 421 g/mol. The van der Waals surface area contributed by atoms with Crippen molar-refractivity contribution in [2.45, 2.75) is 20.8 Å². The first-order chi connectivity index (χ1) is 15.8. The third-order valence-corrected chi connectivity index (χ3v) is 4.92. The number of hydrogen-bond donors (Lipinski definition) is 1. The predicted molar refractivity (Wildman–Crippen MR) is 125 cm³/mol. The van der Waals surface area contributed by atoms with E-state index in [4.69, 9.17) is 9.84 Å². The molecule has 33 heavy (non-hydrogen) atoms. The number of nitrogens with zero attached hydrogens (tertiary/aromatic N) is 2. The van der Waals surface area contributed by atoms with Gasteiger partial charge in [0.15, 0.2) is 0 Å². The highest BCUT2D eigenvalue weighted by molar-refractivity contribution is 5.91. The first-order valence-electron chi connectivity index (χ1n) is 10.3. The lowest BCUT2D eigenvalue weighted by Gasteiger charge is -2.10. The van der Waals surface area contributed by atoms with Gasteiger partial charge in [-0.05, 0) is 48.9 Å². The van der Waals surface area contributed by atoms with Crippen molar-refractivity contribution in [3.05, 3.63) is 84.2 Å². The van der Waals surface area contributed by atoms with Crippen molar-refractivity contribution in [1.82, 2.24) is 9.78 Å². The summed E-state index contributed by atoms with van der Waals surface area (Å²) in [6, 6.07) is 20.8. The summed E-state index contributed by atoms with van der Waals surface area (Å²) in [4.78, 5) is 23.4. The summed E-state index contributed by atoms with van der Waals surface area (Å²) in [7, 11) is 0. The fraction of sp³-hybridized carbons (Fsp3) is 0.115. The van der Waals surface area contributed by atoms with Crippen molar-refractivity contribution in [2.75, 3.05) is 5.32 Å². The van der Waals surface area contributed by atoms with Gasteiger partial charge >= 0.3 is 5.97 Å². The van der Waals surface area contributed by atoms with Gasteiger partial charge in [0.25, 0.3) is 0 Å². The van der Waals surface area contributed by atoms with Crippen molar-refractivity contribution >= 4 is 17.6 Å². The van der Waals surface area contributed by atoms with E-state index in [-0.39, 0.29) is 11.8 Å². The van der Waals surface area contributed by atoms with Gasteiger partial charge in [-0.25, -0.2) is 4.39 Å². The molecule has 0 atom stereocenters. The minimum Gasteiger partial charge on any atom is -0.407 e. The number of carbonyl (C=O) groups is 2. The predicted octanol–water partition coefficient (Wildman–Crippen LogP) is 5.54. The van der Waals surface area contributed by atoms with Crippen LogP contribution in [0.5, 0.6) is 5.88 Å². The highest BCUT2D eigenvalue weighted by atomic mass is 19.1. The van der Waals surface area contributed by atoms with Crippen molar-refractivity contribution in [2.24, 2.45) is 0 Å². The molecule has 1 amide bonds. The van der Waals surface area contributed by atoms with Crippen LogP contribution in [0.1, 0.15) is 19.4 Å². The van der Waals surface area contributed by atoms with Crippen LogP contribution in [-0.4, -0.2) is 21.7 Å². The van der Waals surface area contributed by atoms with Crippen LogP contribution in [0.3, 0.4) is 0 Å². The van der Waals surface area contributed by atoms with Crippen LogP contribution in [0, 0.1) is 12.7 Å². The molecule has 166 valence electrons. The van der Waals surface area contributed by atoms with E-state index in [1.807, 2.05) is 43.3 Å². The maximum Gasteiger partial charge on any atom is 0.309 e. The van der Waals surface area contributed by atoms with Crippen molar-refractivity contribution in [1.29, 1.82) is 0 Å². The van der Waals surface area contributed by atoms with Gasteiger partial charge in [0.05, 0.1) is 11.3 Å². The first-order valence-corrected chi connectivity index (χ1v) is 10.3. The molecule has 0 bridgehead atoms. The van der Waals surface area contributed by atoms with E-state index in [1.54, 1.807) is 24.3 Å². The summed E-state index contributed by atoms with van der Waals surface area (Å²) < 4.78 is 21.1. The standard InChI is InChI=1S/C26H22FN3O3/c1-16-6-4-7-20(14-16)25-24(19-10-12-22(13-11-19)28-17(2)31)26(33-18(3)32)30(29-25)23-9-5-8-21(27)15-23/h4-15H,1-3H3,(H,28,31). The number of hydrogen-bond acceptors (Lipinski definition) is 4. The van der Waals surface area contributed by atoms with E-state index in [9.17, 15) is 14.0 Å². The van der Waals surface area contributed by atoms with Gasteiger partial charge in [0.1, 0.15) is 11.5 Å². The molecule has 0 aliphatic carbocycles. The molecular formula is C26H22FN3O3. The molecule has 3 aromatic carbocycles. The summed E-state index contributed by atoms with van der Waals surface area (Å²) in [6.07, 6.45) is 0. The highest BCUT2D eigenvalue weighted by Crippen LogP contribution is 2.41. The number of ether oxygens (including phenoxy) is 1. The van der Waals surface area contributed by atoms with Crippen LogP contribution in [0.2, 0.25) is 0 Å². The van der Waals surface area contributed by atoms with Gasteiger partial charge in [-0.15, -0.1) is 0 Å². The van der Waals surface area contributed by atoms with E-state index < -0.39 is 11.8 Å². The van der Waals surface area contributed by atoms with Crippen molar-refractivity contribution in [3.63, 3.8) is 0 Å². The molecule has 0 saturated carbocycles. The van der Waals surface area contributed by atoms with Gasteiger partial charge in [-0.1, -0.05) is 42.0 Å². The maximum atomic E-state index is 14.0. The van der Waals surface area contributed by atoms with Gasteiger partial charge in [0.2, 0.25) is 11.8 Å². The molecule has 0 saturated heterocycles. The van der Waals surface area contributed by atoms with Crippen LogP contribution < -0.4 is 10.1 Å². The summed E-state index contributed by atoms with van der Waals surface area (Å²) in [5, 5.41) is 7.47. The Kier molecular flexibility index (Phi) is 6.04. The molecule has 0 spiro atoms. The number of halogens is 1. The fourth-order valence-electron chi connectivity index (χ4n) is 3.59. The Labute approximate surface area is 190 Å². The fourth-order valence-corrected chi connectivity index (χ4v) is 3.59. The Morgan fingerprint density at radius 3 is 2.30 bits per heavy atom. The highest BCUT2D eigenvalue weighted by Gasteiger charge is 2.24. The van der Waals surface area contributed by atoms with E-state index in [0.717, 1.165) is 16.7 Å². The third-order valence-electron chi connectivity index (χ3n) is 4.92. The number of aromatic nitrogens is 2. The normalized spacial score (nSPS) is 10.7. The Bertz CT molecular complexity index is 1340. The zero-order chi connectivity index (χ0) is 23.5. The second-order valence-corrected chi connectivity index (χ2v) is 7.64. The van der Waals surface area contributed by atoms with E-state index >= 15 is 0 Å². The van der Waals surface area contributed by atoms with Crippen LogP contribution in [0.25, 0.3) is 28.1 Å². The summed E-state index contributed by atoms with van der Waals surface area (Å²) in [5.41, 5.74) is 4.78. The monoisotopic (exact) mass is 443 g/mol. The quantitative estimate of drug-likeness (QED) is 0.411. The van der Waals surface area contributed by atoms with Crippen LogP contribution in [-0.2, 0) is 9.59 Å². The third kappa shape index (κ3) is 4.82. The lowest BCUT2D eigenvalue weighted by atomic mass is 10.00. The Balaban J connectivity index is 1.99. The molecule has 1 N–H and O–H groups in total. The molecule has 0 unspecified atom stereocenters. The smallest absolute Gasteiger partial charge is 0.309 e. The van der Waals surface area contributed by atoms with Crippen molar-refractivity contribution in [3.8, 4) is 34.0 Å². The number of anilines is 1. The minimum atomic E-state index is -0.528. The van der Waals surface area contributed by atoms with Gasteiger partial charge in [-0.2, -0.15) is 9.78 Å². The Morgan fingerprint density at radius 2 is 1.67 bits per heavy atom. The molecule has 6 nitrogen and oxygen atoms in total. The van der Waals surface area contributed by atoms with Crippen LogP contribution in [0.4, 0.5) is 10.1 Å². The average Bonchev–Trinajstić information content (AvgIpc) is 3.12. The van der Waals surface area contributed by atoms with Crippen molar-refractivity contribution < 1.29 is 18.7 Å². The van der Waals surface area contributed by atoms with Crippen LogP contribution in [0.15, 0.2) is 72.8 Å². The zero-order valence-corrected chi connectivity index (χ0v) is 18.4. The van der Waals surface area contributed by atoms with Crippen LogP contribution >= 0.6 is 0 Å². The van der Waals surface area contributed by atoms with Gasteiger partial charge in [0, 0.05) is 25.1 Å². The largest absolute Gasteiger partial charge is 0.407 e. The molecule has 0 fully saturated rings. The number of rotatable bonds is 5. The van der Waals surface area contributed by atoms with E-state index in [1.165, 1.54) is 30.7 Å². The number of aryl methyl sites for hydroxylation is 1. The molecule has 1 heterocycles. The first kappa shape index (κ1) is 22.0. The van der Waals surface area contributed by atoms with E-state index in [0.29, 0.717) is 22.6 Å². The minimum absolute atomic E-state index is 0.178. The number of carbonyl (C=O) groups excluding carboxylic acids is 2. The topological polar surface area (TPSA) is 73.2 Å². The van der Waals surface area contributed by atoms with E-state index in [2.05, 4.69) is 5.32 Å². The molecule has 0 aliphatic heterocycles. The lowest BCUT2D eigenvalue weighted by molar-refractivity contribution is -0.132. The Morgan fingerprint density at radius 1 is 0.939 bits per heavy atom. The van der Waals surface area contributed by atoms with Gasteiger partial charge in [-0.3, -0.25) is 9.59 Å². The molecule has 1 aromatic heterocycles. The number of amides is 1. The maximum absolute atomic E-state index is 14.0.